The molecule has 0 aliphatic carbocycles. The lowest BCUT2D eigenvalue weighted by molar-refractivity contribution is 0.121. The van der Waals surface area contributed by atoms with Gasteiger partial charge in [0.2, 0.25) is 6.43 Å². The summed E-state index contributed by atoms with van der Waals surface area (Å²) in [6.45, 7) is 1.38. The van der Waals surface area contributed by atoms with Gasteiger partial charge in [-0.3, -0.25) is 4.18 Å². The molecule has 0 aliphatic heterocycles. The standard InChI is InChI=1S/C10H12F2O3S/c1-7(10(11)12)8-3-5-9(6-4-8)16(13,14)15-2/h3-7,10H,1-2H3. The van der Waals surface area contributed by atoms with Crippen LogP contribution in [0.3, 0.4) is 0 Å². The zero-order chi connectivity index (χ0) is 12.3. The highest BCUT2D eigenvalue weighted by molar-refractivity contribution is 7.86. The van der Waals surface area contributed by atoms with Crippen LogP contribution >= 0.6 is 0 Å². The largest absolute Gasteiger partial charge is 0.296 e. The fraction of sp³-hybridized carbons (Fsp3) is 0.400. The minimum absolute atomic E-state index is 0.0415. The van der Waals surface area contributed by atoms with E-state index < -0.39 is 22.5 Å². The van der Waals surface area contributed by atoms with Gasteiger partial charge in [0, 0.05) is 5.92 Å². The number of hydrogen-bond donors (Lipinski definition) is 0. The maximum absolute atomic E-state index is 12.4. The molecule has 0 saturated heterocycles. The van der Waals surface area contributed by atoms with E-state index >= 15 is 0 Å². The molecule has 0 fully saturated rings. The quantitative estimate of drug-likeness (QED) is 0.771. The van der Waals surface area contributed by atoms with Gasteiger partial charge in [-0.05, 0) is 17.7 Å². The Balaban J connectivity index is 3.01. The van der Waals surface area contributed by atoms with Crippen LogP contribution in [-0.2, 0) is 14.3 Å². The Kier molecular flexibility index (Phi) is 3.98. The van der Waals surface area contributed by atoms with Crippen molar-refractivity contribution in [2.75, 3.05) is 7.11 Å². The highest BCUT2D eigenvalue weighted by Crippen LogP contribution is 2.24. The van der Waals surface area contributed by atoms with Gasteiger partial charge in [-0.15, -0.1) is 0 Å². The summed E-state index contributed by atoms with van der Waals surface area (Å²) in [5, 5.41) is 0. The molecule has 1 aromatic carbocycles. The highest BCUT2D eigenvalue weighted by Gasteiger charge is 2.18. The predicted molar refractivity (Wildman–Crippen MR) is 55.1 cm³/mol. The molecule has 0 spiro atoms. The second-order valence-corrected chi connectivity index (χ2v) is 5.03. The smallest absolute Gasteiger partial charge is 0.270 e. The van der Waals surface area contributed by atoms with E-state index in [1.807, 2.05) is 0 Å². The molecule has 0 saturated carbocycles. The van der Waals surface area contributed by atoms with E-state index in [1.54, 1.807) is 0 Å². The van der Waals surface area contributed by atoms with Crippen molar-refractivity contribution in [3.8, 4) is 0 Å². The number of halogens is 2. The van der Waals surface area contributed by atoms with Crippen molar-refractivity contribution >= 4 is 10.1 Å². The van der Waals surface area contributed by atoms with Crippen molar-refractivity contribution in [1.29, 1.82) is 0 Å². The predicted octanol–water partition coefficient (Wildman–Crippen LogP) is 2.39. The molecule has 0 aromatic heterocycles. The van der Waals surface area contributed by atoms with E-state index in [0.717, 1.165) is 7.11 Å². The Morgan fingerprint density at radius 3 is 2.06 bits per heavy atom. The van der Waals surface area contributed by atoms with Gasteiger partial charge in [-0.25, -0.2) is 8.78 Å². The summed E-state index contributed by atoms with van der Waals surface area (Å²) >= 11 is 0. The van der Waals surface area contributed by atoms with E-state index in [-0.39, 0.29) is 4.90 Å². The van der Waals surface area contributed by atoms with E-state index in [0.29, 0.717) is 5.56 Å². The average molecular weight is 250 g/mol. The van der Waals surface area contributed by atoms with Crippen LogP contribution in [0.1, 0.15) is 18.4 Å². The SMILES string of the molecule is COS(=O)(=O)c1ccc(C(C)C(F)F)cc1. The van der Waals surface area contributed by atoms with Crippen LogP contribution in [0.4, 0.5) is 8.78 Å². The lowest BCUT2D eigenvalue weighted by Crippen LogP contribution is -2.06. The molecule has 0 bridgehead atoms. The molecule has 0 N–H and O–H groups in total. The molecular weight excluding hydrogens is 238 g/mol. The summed E-state index contributed by atoms with van der Waals surface area (Å²) in [5.74, 6) is -0.917. The first-order chi connectivity index (χ1) is 7.38. The molecule has 1 rings (SSSR count). The topological polar surface area (TPSA) is 43.4 Å². The summed E-state index contributed by atoms with van der Waals surface area (Å²) in [7, 11) is -2.70. The van der Waals surface area contributed by atoms with Gasteiger partial charge in [0.1, 0.15) is 0 Å². The first-order valence-electron chi connectivity index (χ1n) is 4.57. The lowest BCUT2D eigenvalue weighted by Gasteiger charge is -2.10. The Labute approximate surface area is 93.2 Å². The van der Waals surface area contributed by atoms with E-state index in [2.05, 4.69) is 4.18 Å². The zero-order valence-electron chi connectivity index (χ0n) is 8.85. The Bertz CT molecular complexity index is 440. The number of benzene rings is 1. The van der Waals surface area contributed by atoms with Crippen molar-refractivity contribution < 1.29 is 21.4 Å². The van der Waals surface area contributed by atoms with Gasteiger partial charge in [-0.1, -0.05) is 19.1 Å². The molecular formula is C10H12F2O3S. The second-order valence-electron chi connectivity index (χ2n) is 3.31. The summed E-state index contributed by atoms with van der Waals surface area (Å²) in [4.78, 5) is -0.0415. The summed E-state index contributed by atoms with van der Waals surface area (Å²) < 4.78 is 51.5. The number of hydrogen-bond acceptors (Lipinski definition) is 3. The normalized spacial score (nSPS) is 14.1. The van der Waals surface area contributed by atoms with Crippen molar-refractivity contribution in [1.82, 2.24) is 0 Å². The van der Waals surface area contributed by atoms with Gasteiger partial charge in [0.05, 0.1) is 12.0 Å². The molecule has 1 atom stereocenters. The van der Waals surface area contributed by atoms with Gasteiger partial charge in [-0.2, -0.15) is 8.42 Å². The third-order valence-corrected chi connectivity index (χ3v) is 3.58. The van der Waals surface area contributed by atoms with Crippen LogP contribution in [0.25, 0.3) is 0 Å². The Hall–Kier alpha value is -1.01. The van der Waals surface area contributed by atoms with Gasteiger partial charge < -0.3 is 0 Å². The zero-order valence-corrected chi connectivity index (χ0v) is 9.67. The Morgan fingerprint density at radius 2 is 1.69 bits per heavy atom. The van der Waals surface area contributed by atoms with Crippen LogP contribution in [0.15, 0.2) is 29.2 Å². The molecule has 0 aliphatic rings. The molecule has 16 heavy (non-hydrogen) atoms. The van der Waals surface area contributed by atoms with Crippen molar-refractivity contribution in [3.63, 3.8) is 0 Å². The highest BCUT2D eigenvalue weighted by atomic mass is 32.2. The molecule has 1 aromatic rings. The van der Waals surface area contributed by atoms with E-state index in [4.69, 9.17) is 0 Å². The second kappa shape index (κ2) is 4.88. The molecule has 90 valence electrons. The third-order valence-electron chi connectivity index (χ3n) is 2.29. The lowest BCUT2D eigenvalue weighted by atomic mass is 10.0. The minimum atomic E-state index is -3.75. The Morgan fingerprint density at radius 1 is 1.19 bits per heavy atom. The summed E-state index contributed by atoms with van der Waals surface area (Å²) in [6.07, 6.45) is -2.47. The van der Waals surface area contributed by atoms with Crippen LogP contribution in [0.5, 0.6) is 0 Å². The maximum Gasteiger partial charge on any atom is 0.296 e. The van der Waals surface area contributed by atoms with Crippen molar-refractivity contribution in [3.05, 3.63) is 29.8 Å². The van der Waals surface area contributed by atoms with Crippen molar-refractivity contribution in [2.45, 2.75) is 24.2 Å². The van der Waals surface area contributed by atoms with Crippen LogP contribution in [0, 0.1) is 0 Å². The fourth-order valence-corrected chi connectivity index (χ4v) is 1.84. The maximum atomic E-state index is 12.4. The van der Waals surface area contributed by atoms with Crippen LogP contribution in [0.2, 0.25) is 0 Å². The van der Waals surface area contributed by atoms with Crippen LogP contribution in [-0.4, -0.2) is 22.0 Å². The first-order valence-corrected chi connectivity index (χ1v) is 5.98. The first kappa shape index (κ1) is 13.1. The molecule has 0 heterocycles. The van der Waals surface area contributed by atoms with Gasteiger partial charge in [0.25, 0.3) is 10.1 Å². The average Bonchev–Trinajstić information content (AvgIpc) is 2.28. The van der Waals surface area contributed by atoms with Crippen molar-refractivity contribution in [2.24, 2.45) is 0 Å². The third kappa shape index (κ3) is 2.76. The number of rotatable bonds is 4. The molecule has 0 amide bonds. The minimum Gasteiger partial charge on any atom is -0.270 e. The fourth-order valence-electron chi connectivity index (χ4n) is 1.18. The summed E-state index contributed by atoms with van der Waals surface area (Å²) in [6, 6.07) is 5.24. The molecule has 1 unspecified atom stereocenters. The van der Waals surface area contributed by atoms with Crippen LogP contribution < -0.4 is 0 Å². The van der Waals surface area contributed by atoms with Gasteiger partial charge >= 0.3 is 0 Å². The number of alkyl halides is 2. The van der Waals surface area contributed by atoms with E-state index in [9.17, 15) is 17.2 Å². The van der Waals surface area contributed by atoms with E-state index in [1.165, 1.54) is 31.2 Å². The molecule has 6 heteroatoms. The molecule has 0 radical (unpaired) electrons. The summed E-state index contributed by atoms with van der Waals surface area (Å²) in [5.41, 5.74) is 0.394. The molecule has 3 nitrogen and oxygen atoms in total. The monoisotopic (exact) mass is 250 g/mol. The van der Waals surface area contributed by atoms with Gasteiger partial charge in [0.15, 0.2) is 0 Å².